The van der Waals surface area contributed by atoms with E-state index in [9.17, 15) is 0 Å². The molecule has 0 amide bonds. The zero-order chi connectivity index (χ0) is 13.2. The number of nitrogens with one attached hydrogen (secondary N) is 1. The number of rotatable bonds is 3. The minimum absolute atomic E-state index is 0.266. The second-order valence-corrected chi connectivity index (χ2v) is 4.54. The van der Waals surface area contributed by atoms with E-state index in [0.717, 1.165) is 28.4 Å². The Morgan fingerprint density at radius 3 is 2.74 bits per heavy atom. The van der Waals surface area contributed by atoms with E-state index < -0.39 is 0 Å². The van der Waals surface area contributed by atoms with Crippen molar-refractivity contribution >= 4 is 28.6 Å². The first-order chi connectivity index (χ1) is 9.24. The average Bonchev–Trinajstić information content (AvgIpc) is 2.86. The number of nitrogens with two attached hydrogens (primary N) is 1. The van der Waals surface area contributed by atoms with Crippen molar-refractivity contribution in [2.24, 2.45) is 5.73 Å². The lowest BCUT2D eigenvalue weighted by molar-refractivity contribution is 0.174. The summed E-state index contributed by atoms with van der Waals surface area (Å²) < 4.78 is 10.6. The number of hydrogen-bond donors (Lipinski definition) is 2. The molecule has 0 aliphatic carbocycles. The van der Waals surface area contributed by atoms with Crippen LogP contribution in [0.3, 0.4) is 0 Å². The fourth-order valence-electron chi connectivity index (χ4n) is 1.94. The van der Waals surface area contributed by atoms with E-state index in [1.807, 2.05) is 42.5 Å². The predicted molar refractivity (Wildman–Crippen MR) is 78.2 cm³/mol. The maximum absolute atomic E-state index is 5.71. The van der Waals surface area contributed by atoms with Crippen molar-refractivity contribution in [3.63, 3.8) is 0 Å². The number of benzene rings is 2. The largest absolute Gasteiger partial charge is 0.454 e. The standard InChI is InChI=1S/C14H12N2O2S/c15-14(19)10-3-1-2-4-11(10)16-9-5-6-12-13(7-9)18-8-17-12/h1-7,16H,8H2,(H2,15,19). The van der Waals surface area contributed by atoms with E-state index in [2.05, 4.69) is 5.32 Å². The lowest BCUT2D eigenvalue weighted by atomic mass is 10.1. The molecule has 1 aliphatic heterocycles. The number of para-hydroxylation sites is 1. The van der Waals surface area contributed by atoms with Crippen LogP contribution in [0.25, 0.3) is 0 Å². The molecule has 96 valence electrons. The third-order valence-electron chi connectivity index (χ3n) is 2.84. The Labute approximate surface area is 116 Å². The monoisotopic (exact) mass is 272 g/mol. The summed E-state index contributed by atoms with van der Waals surface area (Å²) >= 11 is 5.04. The Balaban J connectivity index is 1.91. The van der Waals surface area contributed by atoms with E-state index >= 15 is 0 Å². The molecule has 0 atom stereocenters. The van der Waals surface area contributed by atoms with Gasteiger partial charge >= 0.3 is 0 Å². The van der Waals surface area contributed by atoms with Gasteiger partial charge in [0.25, 0.3) is 0 Å². The number of ether oxygens (including phenoxy) is 2. The van der Waals surface area contributed by atoms with Gasteiger partial charge in [0.15, 0.2) is 11.5 Å². The quantitative estimate of drug-likeness (QED) is 0.841. The number of anilines is 2. The smallest absolute Gasteiger partial charge is 0.231 e. The summed E-state index contributed by atoms with van der Waals surface area (Å²) in [5, 5.41) is 3.28. The molecule has 5 heteroatoms. The molecule has 0 radical (unpaired) electrons. The van der Waals surface area contributed by atoms with Crippen LogP contribution in [0, 0.1) is 0 Å². The second kappa shape index (κ2) is 4.78. The maximum Gasteiger partial charge on any atom is 0.231 e. The van der Waals surface area contributed by atoms with Gasteiger partial charge in [-0.25, -0.2) is 0 Å². The first-order valence-corrected chi connectivity index (χ1v) is 6.20. The molecule has 1 heterocycles. The van der Waals surface area contributed by atoms with Crippen molar-refractivity contribution in [2.75, 3.05) is 12.1 Å². The molecule has 0 spiro atoms. The van der Waals surface area contributed by atoms with E-state index in [4.69, 9.17) is 27.4 Å². The summed E-state index contributed by atoms with van der Waals surface area (Å²) in [7, 11) is 0. The highest BCUT2D eigenvalue weighted by Crippen LogP contribution is 2.35. The Bertz CT molecular complexity index is 643. The van der Waals surface area contributed by atoms with Crippen LogP contribution >= 0.6 is 12.2 Å². The van der Waals surface area contributed by atoms with Gasteiger partial charge in [0.1, 0.15) is 4.99 Å². The average molecular weight is 272 g/mol. The summed E-state index contributed by atoms with van der Waals surface area (Å²) in [5.41, 5.74) is 8.29. The first-order valence-electron chi connectivity index (χ1n) is 5.79. The molecule has 19 heavy (non-hydrogen) atoms. The molecule has 0 bridgehead atoms. The third-order valence-corrected chi connectivity index (χ3v) is 3.06. The number of hydrogen-bond acceptors (Lipinski definition) is 4. The summed E-state index contributed by atoms with van der Waals surface area (Å²) in [6, 6.07) is 13.3. The van der Waals surface area contributed by atoms with Crippen molar-refractivity contribution < 1.29 is 9.47 Å². The van der Waals surface area contributed by atoms with Crippen molar-refractivity contribution in [2.45, 2.75) is 0 Å². The maximum atomic E-state index is 5.71. The minimum Gasteiger partial charge on any atom is -0.454 e. The van der Waals surface area contributed by atoms with Crippen molar-refractivity contribution in [1.29, 1.82) is 0 Å². The molecule has 1 aliphatic rings. The highest BCUT2D eigenvalue weighted by atomic mass is 32.1. The molecule has 4 nitrogen and oxygen atoms in total. The van der Waals surface area contributed by atoms with Crippen LogP contribution in [0.5, 0.6) is 11.5 Å². The van der Waals surface area contributed by atoms with Crippen LogP contribution in [-0.4, -0.2) is 11.8 Å². The molecule has 0 aromatic heterocycles. The predicted octanol–water partition coefficient (Wildman–Crippen LogP) is 2.79. The fourth-order valence-corrected chi connectivity index (χ4v) is 2.11. The van der Waals surface area contributed by atoms with Crippen LogP contribution < -0.4 is 20.5 Å². The Hall–Kier alpha value is -2.27. The summed E-state index contributed by atoms with van der Waals surface area (Å²) in [4.78, 5) is 0.365. The molecule has 2 aromatic carbocycles. The molecule has 0 fully saturated rings. The van der Waals surface area contributed by atoms with Gasteiger partial charge < -0.3 is 20.5 Å². The normalized spacial score (nSPS) is 12.2. The van der Waals surface area contributed by atoms with E-state index in [-0.39, 0.29) is 6.79 Å². The summed E-state index contributed by atoms with van der Waals surface area (Å²) in [6.45, 7) is 0.266. The van der Waals surface area contributed by atoms with Gasteiger partial charge in [-0.05, 0) is 24.3 Å². The van der Waals surface area contributed by atoms with Gasteiger partial charge in [-0.15, -0.1) is 0 Å². The van der Waals surface area contributed by atoms with Crippen LogP contribution in [-0.2, 0) is 0 Å². The van der Waals surface area contributed by atoms with Crippen molar-refractivity contribution in [3.05, 3.63) is 48.0 Å². The lowest BCUT2D eigenvalue weighted by Gasteiger charge is -2.11. The Kier molecular flexibility index (Phi) is 2.97. The van der Waals surface area contributed by atoms with Gasteiger partial charge in [-0.3, -0.25) is 0 Å². The van der Waals surface area contributed by atoms with Crippen molar-refractivity contribution in [3.8, 4) is 11.5 Å². The highest BCUT2D eigenvalue weighted by Gasteiger charge is 2.13. The summed E-state index contributed by atoms with van der Waals surface area (Å²) in [5.74, 6) is 1.49. The molecule has 0 unspecified atom stereocenters. The van der Waals surface area contributed by atoms with E-state index in [0.29, 0.717) is 4.99 Å². The Morgan fingerprint density at radius 1 is 1.11 bits per heavy atom. The van der Waals surface area contributed by atoms with Gasteiger partial charge in [-0.1, -0.05) is 24.4 Å². The molecule has 0 saturated heterocycles. The van der Waals surface area contributed by atoms with Crippen LogP contribution in [0.15, 0.2) is 42.5 Å². The molecule has 0 saturated carbocycles. The van der Waals surface area contributed by atoms with Gasteiger partial charge in [0.05, 0.1) is 0 Å². The van der Waals surface area contributed by atoms with Crippen LogP contribution in [0.2, 0.25) is 0 Å². The van der Waals surface area contributed by atoms with Crippen LogP contribution in [0.4, 0.5) is 11.4 Å². The van der Waals surface area contributed by atoms with Crippen molar-refractivity contribution in [1.82, 2.24) is 0 Å². The molecule has 3 N–H and O–H groups in total. The second-order valence-electron chi connectivity index (χ2n) is 4.10. The van der Waals surface area contributed by atoms with Crippen LogP contribution in [0.1, 0.15) is 5.56 Å². The Morgan fingerprint density at radius 2 is 1.89 bits per heavy atom. The van der Waals surface area contributed by atoms with Gasteiger partial charge in [-0.2, -0.15) is 0 Å². The first kappa shape index (κ1) is 11.8. The summed E-state index contributed by atoms with van der Waals surface area (Å²) in [6.07, 6.45) is 0. The van der Waals surface area contributed by atoms with Gasteiger partial charge in [0.2, 0.25) is 6.79 Å². The SMILES string of the molecule is NC(=S)c1ccccc1Nc1ccc2c(c1)OCO2. The van der Waals surface area contributed by atoms with Gasteiger partial charge in [0, 0.05) is 23.0 Å². The van der Waals surface area contributed by atoms with E-state index in [1.54, 1.807) is 0 Å². The molecule has 2 aromatic rings. The number of fused-ring (bicyclic) bond motifs is 1. The lowest BCUT2D eigenvalue weighted by Crippen LogP contribution is -2.11. The highest BCUT2D eigenvalue weighted by molar-refractivity contribution is 7.80. The molecule has 3 rings (SSSR count). The topological polar surface area (TPSA) is 56.5 Å². The van der Waals surface area contributed by atoms with E-state index in [1.165, 1.54) is 0 Å². The minimum atomic E-state index is 0.266. The molecular formula is C14H12N2O2S. The third kappa shape index (κ3) is 2.32. The zero-order valence-electron chi connectivity index (χ0n) is 10.1. The zero-order valence-corrected chi connectivity index (χ0v) is 10.9. The number of thiocarbonyl (C=S) groups is 1. The fraction of sp³-hybridized carbons (Fsp3) is 0.0714. The molecular weight excluding hydrogens is 260 g/mol.